The molecule has 2 heterocycles. The number of carbonyl (C=O) groups is 1. The highest BCUT2D eigenvalue weighted by Gasteiger charge is 2.22. The minimum atomic E-state index is -4.05. The molecule has 0 unspecified atom stereocenters. The molecule has 0 aliphatic carbocycles. The van der Waals surface area contributed by atoms with Crippen LogP contribution in [0.2, 0.25) is 0 Å². The predicted octanol–water partition coefficient (Wildman–Crippen LogP) is 0.307. The van der Waals surface area contributed by atoms with E-state index in [4.69, 9.17) is 4.74 Å². The number of nitrogens with zero attached hydrogens (tertiary/aromatic N) is 3. The van der Waals surface area contributed by atoms with Crippen LogP contribution in [0.3, 0.4) is 0 Å². The summed E-state index contributed by atoms with van der Waals surface area (Å²) in [6.45, 7) is 1.59. The zero-order valence-electron chi connectivity index (χ0n) is 11.3. The van der Waals surface area contributed by atoms with Gasteiger partial charge in [0, 0.05) is 18.6 Å². The van der Waals surface area contributed by atoms with Gasteiger partial charge in [-0.1, -0.05) is 6.07 Å². The molecule has 2 aromatic heterocycles. The summed E-state index contributed by atoms with van der Waals surface area (Å²) in [4.78, 5) is 23.1. The predicted molar refractivity (Wildman–Crippen MR) is 72.2 cm³/mol. The lowest BCUT2D eigenvalue weighted by molar-refractivity contribution is 0.0980. The molecule has 1 amide bonds. The van der Waals surface area contributed by atoms with E-state index >= 15 is 0 Å². The Hall–Kier alpha value is -2.55. The fourth-order valence-electron chi connectivity index (χ4n) is 1.52. The topological polar surface area (TPSA) is 111 Å². The first-order chi connectivity index (χ1) is 9.94. The van der Waals surface area contributed by atoms with Gasteiger partial charge in [0.2, 0.25) is 0 Å². The van der Waals surface area contributed by atoms with Crippen LogP contribution < -0.4 is 9.46 Å². The summed E-state index contributed by atoms with van der Waals surface area (Å²) in [5.41, 5.74) is 0.428. The Balaban J connectivity index is 2.24. The first-order valence-corrected chi connectivity index (χ1v) is 7.27. The number of ether oxygens (including phenoxy) is 1. The van der Waals surface area contributed by atoms with Crippen molar-refractivity contribution in [3.8, 4) is 6.01 Å². The van der Waals surface area contributed by atoms with E-state index < -0.39 is 15.9 Å². The van der Waals surface area contributed by atoms with Gasteiger partial charge in [0.05, 0.1) is 12.7 Å². The highest BCUT2D eigenvalue weighted by atomic mass is 32.2. The number of hydrogen-bond donors (Lipinski definition) is 1. The Labute approximate surface area is 121 Å². The van der Waals surface area contributed by atoms with E-state index in [0.717, 1.165) is 0 Å². The van der Waals surface area contributed by atoms with Crippen LogP contribution in [0.25, 0.3) is 0 Å². The number of pyridine rings is 1. The average Bonchev–Trinajstić information content (AvgIpc) is 2.47. The van der Waals surface area contributed by atoms with Crippen LogP contribution in [-0.2, 0) is 10.0 Å². The summed E-state index contributed by atoms with van der Waals surface area (Å²) in [7, 11) is -2.67. The summed E-state index contributed by atoms with van der Waals surface area (Å²) in [6, 6.07) is 3.27. The third-order valence-electron chi connectivity index (χ3n) is 2.52. The van der Waals surface area contributed by atoms with Gasteiger partial charge in [-0.2, -0.15) is 8.42 Å². The normalized spacial score (nSPS) is 11.0. The van der Waals surface area contributed by atoms with Gasteiger partial charge in [-0.05, 0) is 18.6 Å². The van der Waals surface area contributed by atoms with Crippen LogP contribution in [0, 0.1) is 6.92 Å². The highest BCUT2D eigenvalue weighted by molar-refractivity contribution is 7.90. The molecule has 0 aromatic carbocycles. The lowest BCUT2D eigenvalue weighted by Gasteiger charge is -2.08. The van der Waals surface area contributed by atoms with Crippen molar-refractivity contribution in [1.29, 1.82) is 0 Å². The maximum Gasteiger partial charge on any atom is 0.316 e. The number of nitrogens with one attached hydrogen (secondary N) is 1. The lowest BCUT2D eigenvalue weighted by atomic mass is 10.3. The molecule has 0 fully saturated rings. The van der Waals surface area contributed by atoms with Gasteiger partial charge in [-0.3, -0.25) is 4.79 Å². The minimum absolute atomic E-state index is 0.00652. The van der Waals surface area contributed by atoms with Gasteiger partial charge in [-0.25, -0.2) is 19.7 Å². The number of aryl methyl sites for hydroxylation is 1. The summed E-state index contributed by atoms with van der Waals surface area (Å²) in [5, 5.41) is -0.201. The fraction of sp³-hybridized carbons (Fsp3) is 0.167. The Kier molecular flexibility index (Phi) is 4.13. The van der Waals surface area contributed by atoms with Crippen LogP contribution in [0.5, 0.6) is 6.01 Å². The Morgan fingerprint density at radius 1 is 1.24 bits per heavy atom. The van der Waals surface area contributed by atoms with Gasteiger partial charge >= 0.3 is 6.01 Å². The number of sulfonamides is 1. The Morgan fingerprint density at radius 2 is 1.90 bits per heavy atom. The molecule has 0 atom stereocenters. The standard InChI is InChI=1S/C12H12N4O4S/c1-8-4-3-5-13-11(8)21(18,19)16-10(17)9-6-14-12(20-2)15-7-9/h3-7H,1-2H3,(H,16,17). The molecule has 0 spiro atoms. The van der Waals surface area contributed by atoms with Crippen molar-refractivity contribution < 1.29 is 17.9 Å². The van der Waals surface area contributed by atoms with Crippen LogP contribution >= 0.6 is 0 Å². The quantitative estimate of drug-likeness (QED) is 0.865. The molecule has 9 heteroatoms. The lowest BCUT2D eigenvalue weighted by Crippen LogP contribution is -2.31. The van der Waals surface area contributed by atoms with Crippen molar-refractivity contribution in [1.82, 2.24) is 19.7 Å². The molecule has 2 aromatic rings. The first kappa shape index (κ1) is 14.9. The zero-order valence-corrected chi connectivity index (χ0v) is 12.1. The fourth-order valence-corrected chi connectivity index (χ4v) is 2.67. The SMILES string of the molecule is COc1ncc(C(=O)NS(=O)(=O)c2ncccc2C)cn1. The van der Waals surface area contributed by atoms with E-state index in [1.807, 2.05) is 4.72 Å². The molecule has 0 aliphatic rings. The third kappa shape index (κ3) is 3.31. The molecular formula is C12H12N4O4S. The van der Waals surface area contributed by atoms with Crippen molar-refractivity contribution in [3.63, 3.8) is 0 Å². The van der Waals surface area contributed by atoms with Crippen LogP contribution in [0.4, 0.5) is 0 Å². The number of amides is 1. The molecule has 1 N–H and O–H groups in total. The number of rotatable bonds is 4. The van der Waals surface area contributed by atoms with Crippen molar-refractivity contribution in [3.05, 3.63) is 41.9 Å². The minimum Gasteiger partial charge on any atom is -0.467 e. The highest BCUT2D eigenvalue weighted by Crippen LogP contribution is 2.11. The molecule has 21 heavy (non-hydrogen) atoms. The van der Waals surface area contributed by atoms with Gasteiger partial charge in [0.15, 0.2) is 5.03 Å². The van der Waals surface area contributed by atoms with Gasteiger partial charge in [0.25, 0.3) is 15.9 Å². The molecule has 0 saturated heterocycles. The van der Waals surface area contributed by atoms with Crippen molar-refractivity contribution >= 4 is 15.9 Å². The summed E-state index contributed by atoms with van der Waals surface area (Å²) in [5.74, 6) is -0.845. The second-order valence-corrected chi connectivity index (χ2v) is 5.62. The maximum absolute atomic E-state index is 12.1. The van der Waals surface area contributed by atoms with E-state index in [-0.39, 0.29) is 16.6 Å². The van der Waals surface area contributed by atoms with E-state index in [2.05, 4.69) is 15.0 Å². The molecular weight excluding hydrogens is 296 g/mol. The number of aromatic nitrogens is 3. The van der Waals surface area contributed by atoms with Crippen LogP contribution in [-0.4, -0.2) is 36.4 Å². The van der Waals surface area contributed by atoms with E-state index in [9.17, 15) is 13.2 Å². The van der Waals surface area contributed by atoms with Crippen molar-refractivity contribution in [2.45, 2.75) is 11.9 Å². The van der Waals surface area contributed by atoms with Gasteiger partial charge in [-0.15, -0.1) is 0 Å². The molecule has 0 bridgehead atoms. The molecule has 2 rings (SSSR count). The van der Waals surface area contributed by atoms with Crippen molar-refractivity contribution in [2.75, 3.05) is 7.11 Å². The summed E-state index contributed by atoms with van der Waals surface area (Å²) < 4.78 is 30.9. The second-order valence-electron chi connectivity index (χ2n) is 4.02. The van der Waals surface area contributed by atoms with Crippen molar-refractivity contribution in [2.24, 2.45) is 0 Å². The molecule has 8 nitrogen and oxygen atoms in total. The Bertz CT molecular complexity index is 759. The van der Waals surface area contributed by atoms with Crippen LogP contribution in [0.1, 0.15) is 15.9 Å². The van der Waals surface area contributed by atoms with E-state index in [0.29, 0.717) is 5.56 Å². The summed E-state index contributed by atoms with van der Waals surface area (Å²) >= 11 is 0. The zero-order chi connectivity index (χ0) is 15.5. The summed E-state index contributed by atoms with van der Waals surface area (Å²) in [6.07, 6.45) is 3.67. The van der Waals surface area contributed by atoms with E-state index in [1.54, 1.807) is 19.1 Å². The number of methoxy groups -OCH3 is 1. The molecule has 0 saturated carbocycles. The monoisotopic (exact) mass is 308 g/mol. The molecule has 110 valence electrons. The largest absolute Gasteiger partial charge is 0.467 e. The van der Waals surface area contributed by atoms with Gasteiger partial charge in [0.1, 0.15) is 0 Å². The smallest absolute Gasteiger partial charge is 0.316 e. The van der Waals surface area contributed by atoms with Crippen LogP contribution in [0.15, 0.2) is 35.7 Å². The number of carbonyl (C=O) groups excluding carboxylic acids is 1. The first-order valence-electron chi connectivity index (χ1n) is 5.79. The Morgan fingerprint density at radius 3 is 2.48 bits per heavy atom. The second kappa shape index (κ2) is 5.83. The van der Waals surface area contributed by atoms with Gasteiger partial charge < -0.3 is 4.74 Å². The molecule has 0 aliphatic heterocycles. The number of hydrogen-bond acceptors (Lipinski definition) is 7. The molecule has 0 radical (unpaired) electrons. The van der Waals surface area contributed by atoms with E-state index in [1.165, 1.54) is 25.7 Å². The maximum atomic E-state index is 12.1. The average molecular weight is 308 g/mol. The third-order valence-corrected chi connectivity index (χ3v) is 3.91.